The number of halogens is 3. The second-order valence-corrected chi connectivity index (χ2v) is 7.90. The third-order valence-electron chi connectivity index (χ3n) is 5.63. The van der Waals surface area contributed by atoms with Gasteiger partial charge in [-0.05, 0) is 13.5 Å². The topological polar surface area (TPSA) is 72.8 Å². The highest BCUT2D eigenvalue weighted by Crippen LogP contribution is 2.39. The summed E-state index contributed by atoms with van der Waals surface area (Å²) < 4.78 is 45.5. The van der Waals surface area contributed by atoms with E-state index in [0.717, 1.165) is 0 Å². The van der Waals surface area contributed by atoms with Crippen molar-refractivity contribution in [3.05, 3.63) is 11.0 Å². The van der Waals surface area contributed by atoms with Crippen molar-refractivity contribution in [2.75, 3.05) is 51.5 Å². The summed E-state index contributed by atoms with van der Waals surface area (Å²) in [7, 11) is 1.84. The van der Waals surface area contributed by atoms with Gasteiger partial charge in [0.25, 0.3) is 0 Å². The SMILES string of the molecule is CN1C[C@H](F)C[C@H]1COc1nc2c3c(nc(Cl)c(F)c3n1)OC[C@@H]1COCCN21. The van der Waals surface area contributed by atoms with Gasteiger partial charge in [0.1, 0.15) is 36.1 Å². The molecule has 0 radical (unpaired) electrons. The number of likely N-dealkylation sites (N-methyl/N-ethyl adjacent to an activating group) is 1. The summed E-state index contributed by atoms with van der Waals surface area (Å²) in [5.41, 5.74) is -0.00436. The standard InChI is InChI=1S/C18H20ClF2N5O3/c1-25-5-9(20)4-10(25)7-29-18-22-14-12-16(24-18)26-2-3-27-6-11(26)8-28-17(12)23-15(19)13(14)21/h9-11H,2-8H2,1H3/t9-,10+,11+/m1/s1. The molecule has 3 aliphatic rings. The maximum absolute atomic E-state index is 14.8. The third kappa shape index (κ3) is 3.32. The summed E-state index contributed by atoms with van der Waals surface area (Å²) in [5.74, 6) is -0.0776. The van der Waals surface area contributed by atoms with Gasteiger partial charge in [-0.15, -0.1) is 0 Å². The van der Waals surface area contributed by atoms with E-state index >= 15 is 0 Å². The van der Waals surface area contributed by atoms with Gasteiger partial charge >= 0.3 is 6.01 Å². The molecule has 0 unspecified atom stereocenters. The van der Waals surface area contributed by atoms with Crippen LogP contribution in [0.2, 0.25) is 5.15 Å². The molecule has 0 N–H and O–H groups in total. The van der Waals surface area contributed by atoms with E-state index in [0.29, 0.717) is 50.5 Å². The number of pyridine rings is 1. The molecule has 2 aromatic rings. The van der Waals surface area contributed by atoms with Gasteiger partial charge in [-0.2, -0.15) is 15.0 Å². The number of rotatable bonds is 3. The molecule has 2 saturated heterocycles. The average Bonchev–Trinajstić information content (AvgIpc) is 2.95. The molecule has 3 atom stereocenters. The summed E-state index contributed by atoms with van der Waals surface area (Å²) in [5, 5.41) is 0.0421. The van der Waals surface area contributed by atoms with Gasteiger partial charge in [0.2, 0.25) is 5.88 Å². The first kappa shape index (κ1) is 19.0. The molecule has 2 fully saturated rings. The van der Waals surface area contributed by atoms with Crippen molar-refractivity contribution in [1.29, 1.82) is 0 Å². The fraction of sp³-hybridized carbons (Fsp3) is 0.611. The molecule has 11 heteroatoms. The van der Waals surface area contributed by atoms with Crippen molar-refractivity contribution >= 4 is 28.3 Å². The Morgan fingerprint density at radius 3 is 2.93 bits per heavy atom. The van der Waals surface area contributed by atoms with Gasteiger partial charge in [0.05, 0.1) is 19.3 Å². The van der Waals surface area contributed by atoms with E-state index in [1.807, 2.05) is 16.8 Å². The molecule has 29 heavy (non-hydrogen) atoms. The molecular weight excluding hydrogens is 408 g/mol. The van der Waals surface area contributed by atoms with Gasteiger partial charge in [-0.25, -0.2) is 8.78 Å². The van der Waals surface area contributed by atoms with E-state index in [1.165, 1.54) is 0 Å². The molecule has 0 spiro atoms. The quantitative estimate of drug-likeness (QED) is 0.687. The van der Waals surface area contributed by atoms with Gasteiger partial charge in [0.15, 0.2) is 11.0 Å². The predicted octanol–water partition coefficient (Wildman–Crippen LogP) is 1.84. The number of likely N-dealkylation sites (tertiary alicyclic amines) is 1. The predicted molar refractivity (Wildman–Crippen MR) is 101 cm³/mol. The van der Waals surface area contributed by atoms with Crippen molar-refractivity contribution in [3.63, 3.8) is 0 Å². The fourth-order valence-corrected chi connectivity index (χ4v) is 4.24. The van der Waals surface area contributed by atoms with E-state index in [9.17, 15) is 8.78 Å². The first-order valence-electron chi connectivity index (χ1n) is 9.52. The largest absolute Gasteiger partial charge is 0.475 e. The first-order chi connectivity index (χ1) is 14.0. The Bertz CT molecular complexity index is 952. The fourth-order valence-electron chi connectivity index (χ4n) is 4.08. The van der Waals surface area contributed by atoms with E-state index < -0.39 is 12.0 Å². The zero-order valence-electron chi connectivity index (χ0n) is 15.8. The Morgan fingerprint density at radius 2 is 2.14 bits per heavy atom. The highest BCUT2D eigenvalue weighted by Gasteiger charge is 2.34. The molecule has 156 valence electrons. The van der Waals surface area contributed by atoms with Crippen LogP contribution >= 0.6 is 11.6 Å². The minimum atomic E-state index is -0.882. The number of hydrogen-bond acceptors (Lipinski definition) is 8. The minimum Gasteiger partial charge on any atom is -0.475 e. The van der Waals surface area contributed by atoms with E-state index in [1.54, 1.807) is 0 Å². The lowest BCUT2D eigenvalue weighted by Gasteiger charge is -2.34. The lowest BCUT2D eigenvalue weighted by molar-refractivity contribution is 0.0775. The van der Waals surface area contributed by atoms with Crippen LogP contribution in [0.4, 0.5) is 14.6 Å². The number of nitrogens with zero attached hydrogens (tertiary/aromatic N) is 5. The van der Waals surface area contributed by atoms with Crippen LogP contribution in [0.5, 0.6) is 11.9 Å². The van der Waals surface area contributed by atoms with Crippen molar-refractivity contribution in [1.82, 2.24) is 19.9 Å². The Kier molecular flexibility index (Phi) is 4.79. The summed E-state index contributed by atoms with van der Waals surface area (Å²) in [4.78, 5) is 16.7. The molecular formula is C18H20ClF2N5O3. The van der Waals surface area contributed by atoms with Crippen molar-refractivity contribution in [3.8, 4) is 11.9 Å². The number of aromatic nitrogens is 3. The highest BCUT2D eigenvalue weighted by atomic mass is 35.5. The number of ether oxygens (including phenoxy) is 3. The van der Waals surface area contributed by atoms with Gasteiger partial charge in [0, 0.05) is 19.1 Å². The van der Waals surface area contributed by atoms with Gasteiger partial charge in [-0.3, -0.25) is 4.90 Å². The second-order valence-electron chi connectivity index (χ2n) is 7.55. The lowest BCUT2D eigenvalue weighted by atomic mass is 10.2. The molecule has 5 rings (SSSR count). The van der Waals surface area contributed by atoms with Crippen LogP contribution in [0.25, 0.3) is 10.9 Å². The lowest BCUT2D eigenvalue weighted by Crippen LogP contribution is -2.48. The first-order valence-corrected chi connectivity index (χ1v) is 9.90. The minimum absolute atomic E-state index is 0.00436. The smallest absolute Gasteiger partial charge is 0.319 e. The van der Waals surface area contributed by atoms with E-state index in [4.69, 9.17) is 25.8 Å². The normalized spacial score (nSPS) is 26.9. The van der Waals surface area contributed by atoms with E-state index in [2.05, 4.69) is 15.0 Å². The zero-order chi connectivity index (χ0) is 20.1. The van der Waals surface area contributed by atoms with Crippen LogP contribution in [0.3, 0.4) is 0 Å². The molecule has 0 saturated carbocycles. The van der Waals surface area contributed by atoms with Crippen LogP contribution < -0.4 is 14.4 Å². The Labute approximate surface area is 170 Å². The molecule has 2 aromatic heterocycles. The number of alkyl halides is 1. The number of anilines is 1. The molecule has 0 amide bonds. The summed E-state index contributed by atoms with van der Waals surface area (Å²) >= 11 is 5.97. The van der Waals surface area contributed by atoms with Crippen molar-refractivity contribution in [2.24, 2.45) is 0 Å². The number of hydrogen-bond donors (Lipinski definition) is 0. The van der Waals surface area contributed by atoms with Crippen LogP contribution in [-0.4, -0.2) is 84.7 Å². The number of fused-ring (bicyclic) bond motifs is 2. The second kappa shape index (κ2) is 7.33. The highest BCUT2D eigenvalue weighted by molar-refractivity contribution is 6.30. The molecule has 8 nitrogen and oxygen atoms in total. The molecule has 0 aromatic carbocycles. The molecule has 5 heterocycles. The van der Waals surface area contributed by atoms with Gasteiger partial charge < -0.3 is 19.1 Å². The molecule has 0 aliphatic carbocycles. The monoisotopic (exact) mass is 427 g/mol. The van der Waals surface area contributed by atoms with Crippen molar-refractivity contribution in [2.45, 2.75) is 24.7 Å². The maximum Gasteiger partial charge on any atom is 0.319 e. The van der Waals surface area contributed by atoms with E-state index in [-0.39, 0.29) is 41.3 Å². The molecule has 0 bridgehead atoms. The van der Waals surface area contributed by atoms with Crippen molar-refractivity contribution < 1.29 is 23.0 Å². The zero-order valence-corrected chi connectivity index (χ0v) is 16.5. The average molecular weight is 428 g/mol. The molecule has 3 aliphatic heterocycles. The summed E-state index contributed by atoms with van der Waals surface area (Å²) in [6.45, 7) is 2.42. The van der Waals surface area contributed by atoms with Crippen LogP contribution in [0.1, 0.15) is 6.42 Å². The van der Waals surface area contributed by atoms with Crippen LogP contribution in [0.15, 0.2) is 0 Å². The Balaban J connectivity index is 1.56. The summed E-state index contributed by atoms with van der Waals surface area (Å²) in [6.07, 6.45) is -0.503. The third-order valence-corrected chi connectivity index (χ3v) is 5.88. The Hall–Kier alpha value is -2.04. The van der Waals surface area contributed by atoms with Crippen LogP contribution in [-0.2, 0) is 4.74 Å². The van der Waals surface area contributed by atoms with Crippen LogP contribution in [0, 0.1) is 5.82 Å². The Morgan fingerprint density at radius 1 is 1.28 bits per heavy atom. The number of morpholine rings is 1. The summed E-state index contributed by atoms with van der Waals surface area (Å²) in [6, 6.07) is -0.175. The van der Waals surface area contributed by atoms with Gasteiger partial charge in [-0.1, -0.05) is 11.6 Å². The maximum atomic E-state index is 14.8.